The summed E-state index contributed by atoms with van der Waals surface area (Å²) in [6.07, 6.45) is 2.05. The summed E-state index contributed by atoms with van der Waals surface area (Å²) in [7, 11) is 0. The van der Waals surface area contributed by atoms with Crippen molar-refractivity contribution in [3.05, 3.63) is 18.1 Å². The maximum atomic E-state index is 11.6. The Morgan fingerprint density at radius 2 is 1.54 bits per heavy atom. The van der Waals surface area contributed by atoms with E-state index in [1.807, 2.05) is 27.7 Å². The van der Waals surface area contributed by atoms with Gasteiger partial charge < -0.3 is 24.3 Å². The number of hydrogen-bond donors (Lipinski definition) is 1. The number of carbonyl (C=O) groups is 1. The lowest BCUT2D eigenvalue weighted by Gasteiger charge is -2.09. The minimum absolute atomic E-state index is 0.000256. The van der Waals surface area contributed by atoms with Gasteiger partial charge in [-0.1, -0.05) is 20.8 Å². The third-order valence-electron chi connectivity index (χ3n) is 3.25. The van der Waals surface area contributed by atoms with Crippen LogP contribution in [0.4, 0.5) is 5.82 Å². The van der Waals surface area contributed by atoms with E-state index in [9.17, 15) is 4.79 Å². The molecule has 0 saturated carbocycles. The minimum Gasteiger partial charge on any atom is -0.377 e. The molecule has 0 bridgehead atoms. The summed E-state index contributed by atoms with van der Waals surface area (Å²) in [4.78, 5) is 19.6. The van der Waals surface area contributed by atoms with Crippen LogP contribution in [0, 0.1) is 0 Å². The van der Waals surface area contributed by atoms with Gasteiger partial charge in [0.15, 0.2) is 5.78 Å². The number of aromatic nitrogens is 2. The first-order chi connectivity index (χ1) is 13.6. The topological polar surface area (TPSA) is 91.8 Å². The zero-order valence-corrected chi connectivity index (χ0v) is 18.0. The van der Waals surface area contributed by atoms with Gasteiger partial charge in [0.05, 0.1) is 52.4 Å². The van der Waals surface area contributed by atoms with Gasteiger partial charge in [-0.15, -0.1) is 0 Å². The van der Waals surface area contributed by atoms with Crippen molar-refractivity contribution < 1.29 is 23.7 Å². The van der Waals surface area contributed by atoms with E-state index in [1.54, 1.807) is 13.0 Å². The molecule has 0 aliphatic carbocycles. The second kappa shape index (κ2) is 18.7. The van der Waals surface area contributed by atoms with Crippen molar-refractivity contribution in [3.63, 3.8) is 0 Å². The van der Waals surface area contributed by atoms with Crippen LogP contribution in [0.5, 0.6) is 0 Å². The molecular weight excluding hydrogens is 362 g/mol. The molecule has 0 aliphatic rings. The molecule has 162 valence electrons. The Labute approximate surface area is 169 Å². The molecule has 1 aromatic heterocycles. The van der Waals surface area contributed by atoms with Gasteiger partial charge in [-0.05, 0) is 13.8 Å². The van der Waals surface area contributed by atoms with Crippen molar-refractivity contribution in [2.75, 3.05) is 58.1 Å². The number of Topliss-reactive ketones (excluding diaryl/α,β-unsaturated/α-hetero) is 1. The number of hydrogen-bond acceptors (Lipinski definition) is 8. The zero-order chi connectivity index (χ0) is 21.0. The lowest BCUT2D eigenvalue weighted by Crippen LogP contribution is -2.15. The second-order valence-corrected chi connectivity index (χ2v) is 5.75. The standard InChI is InChI=1S/C18H31N3O5.C2H6/c1-4-17(22)16-13-18(21-14-20-16)19-5-6-23-7-8-24-9-10-25-11-12-26-15(2)3;1-2/h13-15H,4-12H2,1-3H3,(H,19,20,21);1-2H3. The Morgan fingerprint density at radius 1 is 0.964 bits per heavy atom. The van der Waals surface area contributed by atoms with Crippen LogP contribution in [-0.2, 0) is 18.9 Å². The monoisotopic (exact) mass is 399 g/mol. The largest absolute Gasteiger partial charge is 0.377 e. The molecule has 0 amide bonds. The molecule has 1 heterocycles. The molecule has 1 rings (SSSR count). The van der Waals surface area contributed by atoms with E-state index in [0.717, 1.165) is 0 Å². The van der Waals surface area contributed by atoms with Crippen molar-refractivity contribution in [3.8, 4) is 0 Å². The Bertz CT molecular complexity index is 500. The zero-order valence-electron chi connectivity index (χ0n) is 18.0. The summed E-state index contributed by atoms with van der Waals surface area (Å²) >= 11 is 0. The van der Waals surface area contributed by atoms with Crippen molar-refractivity contribution in [2.24, 2.45) is 0 Å². The van der Waals surface area contributed by atoms with Crippen LogP contribution in [-0.4, -0.2) is 74.6 Å². The fourth-order valence-corrected chi connectivity index (χ4v) is 1.92. The molecule has 28 heavy (non-hydrogen) atoms. The molecule has 0 fully saturated rings. The fourth-order valence-electron chi connectivity index (χ4n) is 1.92. The molecule has 0 atom stereocenters. The minimum atomic E-state index is 0.000256. The first-order valence-electron chi connectivity index (χ1n) is 10.1. The van der Waals surface area contributed by atoms with Gasteiger partial charge in [0.1, 0.15) is 17.8 Å². The van der Waals surface area contributed by atoms with Gasteiger partial charge >= 0.3 is 0 Å². The van der Waals surface area contributed by atoms with Crippen LogP contribution in [0.2, 0.25) is 0 Å². The van der Waals surface area contributed by atoms with Crippen LogP contribution in [0.25, 0.3) is 0 Å². The van der Waals surface area contributed by atoms with E-state index < -0.39 is 0 Å². The van der Waals surface area contributed by atoms with Crippen LogP contribution < -0.4 is 5.32 Å². The van der Waals surface area contributed by atoms with E-state index in [2.05, 4.69) is 15.3 Å². The molecule has 0 aromatic carbocycles. The predicted molar refractivity (Wildman–Crippen MR) is 110 cm³/mol. The average Bonchev–Trinajstić information content (AvgIpc) is 2.72. The molecule has 1 aromatic rings. The van der Waals surface area contributed by atoms with Gasteiger partial charge in [-0.3, -0.25) is 4.79 Å². The number of carbonyl (C=O) groups excluding carboxylic acids is 1. The van der Waals surface area contributed by atoms with Gasteiger partial charge in [0.25, 0.3) is 0 Å². The Morgan fingerprint density at radius 3 is 2.11 bits per heavy atom. The number of rotatable bonds is 16. The number of anilines is 1. The molecule has 8 heteroatoms. The van der Waals surface area contributed by atoms with E-state index in [4.69, 9.17) is 18.9 Å². The predicted octanol–water partition coefficient (Wildman–Crippen LogP) is 2.98. The van der Waals surface area contributed by atoms with Crippen LogP contribution >= 0.6 is 0 Å². The van der Waals surface area contributed by atoms with Gasteiger partial charge in [-0.2, -0.15) is 0 Å². The Hall–Kier alpha value is -1.61. The lowest BCUT2D eigenvalue weighted by atomic mass is 10.2. The van der Waals surface area contributed by atoms with Crippen LogP contribution in [0.15, 0.2) is 12.4 Å². The molecule has 8 nitrogen and oxygen atoms in total. The van der Waals surface area contributed by atoms with E-state index >= 15 is 0 Å². The van der Waals surface area contributed by atoms with Gasteiger partial charge in [-0.25, -0.2) is 9.97 Å². The van der Waals surface area contributed by atoms with Crippen molar-refractivity contribution in [1.29, 1.82) is 0 Å². The fraction of sp³-hybridized carbons (Fsp3) is 0.750. The third kappa shape index (κ3) is 14.4. The highest BCUT2D eigenvalue weighted by Crippen LogP contribution is 2.05. The SMILES string of the molecule is CC.CCC(=O)c1cc(NCCOCCOCCOCCOC(C)C)ncn1. The smallest absolute Gasteiger partial charge is 0.181 e. The molecule has 0 radical (unpaired) electrons. The lowest BCUT2D eigenvalue weighted by molar-refractivity contribution is -0.0110. The van der Waals surface area contributed by atoms with Crippen LogP contribution in [0.3, 0.4) is 0 Å². The number of nitrogens with one attached hydrogen (secondary N) is 1. The number of ether oxygens (including phenoxy) is 4. The van der Waals surface area contributed by atoms with Crippen molar-refractivity contribution in [1.82, 2.24) is 9.97 Å². The maximum Gasteiger partial charge on any atom is 0.181 e. The number of nitrogens with zero attached hydrogens (tertiary/aromatic N) is 2. The Kier molecular flexibility index (Phi) is 17.7. The Balaban J connectivity index is 0.00000352. The summed E-state index contributed by atoms with van der Waals surface area (Å²) < 4.78 is 21.6. The molecule has 0 saturated heterocycles. The molecule has 0 spiro atoms. The maximum absolute atomic E-state index is 11.6. The van der Waals surface area contributed by atoms with E-state index in [1.165, 1.54) is 6.33 Å². The highest BCUT2D eigenvalue weighted by Gasteiger charge is 2.05. The normalized spacial score (nSPS) is 10.5. The van der Waals surface area contributed by atoms with Gasteiger partial charge in [0, 0.05) is 19.0 Å². The van der Waals surface area contributed by atoms with E-state index in [0.29, 0.717) is 70.7 Å². The van der Waals surface area contributed by atoms with Crippen molar-refractivity contribution >= 4 is 11.6 Å². The highest BCUT2D eigenvalue weighted by atomic mass is 16.6. The summed E-state index contributed by atoms with van der Waals surface area (Å²) in [6, 6.07) is 1.65. The highest BCUT2D eigenvalue weighted by molar-refractivity contribution is 5.94. The molecular formula is C20H37N3O5. The average molecular weight is 400 g/mol. The molecule has 0 aliphatic heterocycles. The van der Waals surface area contributed by atoms with E-state index in [-0.39, 0.29) is 11.9 Å². The number of ketones is 1. The summed E-state index contributed by atoms with van der Waals surface area (Å²) in [5, 5.41) is 3.10. The molecule has 1 N–H and O–H groups in total. The quantitative estimate of drug-likeness (QED) is 0.335. The van der Waals surface area contributed by atoms with Gasteiger partial charge in [0.2, 0.25) is 0 Å². The second-order valence-electron chi connectivity index (χ2n) is 5.75. The first kappa shape index (κ1) is 26.4. The summed E-state index contributed by atoms with van der Waals surface area (Å²) in [5.41, 5.74) is 0.428. The third-order valence-corrected chi connectivity index (χ3v) is 3.25. The summed E-state index contributed by atoms with van der Waals surface area (Å²) in [6.45, 7) is 14.2. The van der Waals surface area contributed by atoms with Crippen LogP contribution in [0.1, 0.15) is 51.5 Å². The first-order valence-corrected chi connectivity index (χ1v) is 10.1. The van der Waals surface area contributed by atoms with Crippen molar-refractivity contribution in [2.45, 2.75) is 47.1 Å². The summed E-state index contributed by atoms with van der Waals surface area (Å²) in [5.74, 6) is 0.621. The molecule has 0 unspecified atom stereocenters.